The number of hydrogen-bond acceptors (Lipinski definition) is 7. The minimum absolute atomic E-state index is 0.192. The van der Waals surface area contributed by atoms with E-state index in [1.165, 1.54) is 3.97 Å². The van der Waals surface area contributed by atoms with Crippen LogP contribution in [-0.4, -0.2) is 76.5 Å². The Bertz CT molecular complexity index is 1240. The zero-order chi connectivity index (χ0) is 24.1. The fraction of sp³-hybridized carbons (Fsp3) is 0.375. The van der Waals surface area contributed by atoms with Crippen LogP contribution < -0.4 is 15.1 Å². The van der Waals surface area contributed by atoms with Crippen LogP contribution in [0.4, 0.5) is 11.4 Å². The summed E-state index contributed by atoms with van der Waals surface area (Å²) in [4.78, 5) is 13.2. The van der Waals surface area contributed by atoms with Crippen LogP contribution in [0.15, 0.2) is 59.6 Å². The van der Waals surface area contributed by atoms with Crippen molar-refractivity contribution in [3.63, 3.8) is 0 Å². The summed E-state index contributed by atoms with van der Waals surface area (Å²) in [6, 6.07) is 15.0. The first kappa shape index (κ1) is 24.1. The minimum atomic E-state index is -3.71. The molecule has 2 N–H and O–H groups in total. The fourth-order valence-electron chi connectivity index (χ4n) is 4.63. The molecule has 10 heteroatoms. The van der Waals surface area contributed by atoms with Crippen molar-refractivity contribution in [2.75, 3.05) is 56.2 Å². The van der Waals surface area contributed by atoms with E-state index in [0.717, 1.165) is 62.5 Å². The lowest BCUT2D eigenvalue weighted by Crippen LogP contribution is -2.43. The summed E-state index contributed by atoms with van der Waals surface area (Å²) in [6.45, 7) is 5.09. The van der Waals surface area contributed by atoms with Crippen LogP contribution in [0.5, 0.6) is 0 Å². The van der Waals surface area contributed by atoms with E-state index in [9.17, 15) is 8.42 Å². The second-order valence-corrected chi connectivity index (χ2v) is 10.1. The van der Waals surface area contributed by atoms with Gasteiger partial charge in [0.2, 0.25) is 0 Å². The van der Waals surface area contributed by atoms with Crippen LogP contribution in [0.3, 0.4) is 0 Å². The summed E-state index contributed by atoms with van der Waals surface area (Å²) in [6.07, 6.45) is 2.82. The van der Waals surface area contributed by atoms with Gasteiger partial charge in [-0.05, 0) is 42.8 Å². The summed E-state index contributed by atoms with van der Waals surface area (Å²) < 4.78 is 34.0. The molecular weight excluding hydrogens is 456 g/mol. The van der Waals surface area contributed by atoms with Crippen LogP contribution in [0.25, 0.3) is 10.9 Å². The second kappa shape index (κ2) is 10.5. The van der Waals surface area contributed by atoms with E-state index >= 15 is 0 Å². The van der Waals surface area contributed by atoms with Crippen LogP contribution in [0.1, 0.15) is 6.42 Å². The molecule has 0 bridgehead atoms. The number of carboxylic acid groups (broad SMARTS) is 1. The van der Waals surface area contributed by atoms with Gasteiger partial charge in [0, 0.05) is 69.3 Å². The van der Waals surface area contributed by atoms with Gasteiger partial charge in [0.25, 0.3) is 16.5 Å². The lowest BCUT2D eigenvalue weighted by Gasteiger charge is -2.30. The number of rotatable bonds is 5. The Morgan fingerprint density at radius 2 is 1.79 bits per heavy atom. The molecule has 2 aliphatic heterocycles. The number of aromatic nitrogens is 1. The topological polar surface area (TPSA) is 104 Å². The summed E-state index contributed by atoms with van der Waals surface area (Å²) >= 11 is 0. The molecule has 0 saturated carbocycles. The quantitative estimate of drug-likeness (QED) is 0.529. The SMILES string of the molecule is CO[C@@H]1CCN(c2cccc(S(=O)(=O)n3ccc4c(N5CCNCC5)cccc43)c2)C1.O=CO. The van der Waals surface area contributed by atoms with Gasteiger partial charge in [-0.15, -0.1) is 0 Å². The summed E-state index contributed by atoms with van der Waals surface area (Å²) in [5, 5.41) is 11.2. The largest absolute Gasteiger partial charge is 0.483 e. The third-order valence-electron chi connectivity index (χ3n) is 6.35. The number of nitrogens with zero attached hydrogens (tertiary/aromatic N) is 3. The van der Waals surface area contributed by atoms with Crippen molar-refractivity contribution in [1.29, 1.82) is 0 Å². The first-order chi connectivity index (χ1) is 16.5. The molecular formula is C24H30N4O5S. The Hall–Kier alpha value is -3.08. The second-order valence-electron chi connectivity index (χ2n) is 8.26. The van der Waals surface area contributed by atoms with E-state index in [1.54, 1.807) is 25.4 Å². The Balaban J connectivity index is 0.000000868. The van der Waals surface area contributed by atoms with Crippen LogP contribution in [0, 0.1) is 0 Å². The van der Waals surface area contributed by atoms with Gasteiger partial charge in [0.15, 0.2) is 0 Å². The molecule has 3 aromatic rings. The average molecular weight is 487 g/mol. The number of anilines is 2. The van der Waals surface area contributed by atoms with Gasteiger partial charge < -0.3 is 25.0 Å². The summed E-state index contributed by atoms with van der Waals surface area (Å²) in [5.74, 6) is 0. The van der Waals surface area contributed by atoms with E-state index in [1.807, 2.05) is 30.3 Å². The van der Waals surface area contributed by atoms with Crippen molar-refractivity contribution >= 4 is 38.8 Å². The molecule has 2 aromatic carbocycles. The van der Waals surface area contributed by atoms with Crippen LogP contribution in [-0.2, 0) is 19.6 Å². The molecule has 0 amide bonds. The predicted octanol–water partition coefficient (Wildman–Crippen LogP) is 2.21. The van der Waals surface area contributed by atoms with Crippen molar-refractivity contribution in [2.45, 2.75) is 17.4 Å². The molecule has 2 fully saturated rings. The Morgan fingerprint density at radius 1 is 1.06 bits per heavy atom. The minimum Gasteiger partial charge on any atom is -0.483 e. The maximum absolute atomic E-state index is 13.6. The molecule has 5 rings (SSSR count). The van der Waals surface area contributed by atoms with Crippen molar-refractivity contribution in [2.24, 2.45) is 0 Å². The monoisotopic (exact) mass is 486 g/mol. The third kappa shape index (κ3) is 4.75. The highest BCUT2D eigenvalue weighted by molar-refractivity contribution is 7.90. The molecule has 0 radical (unpaired) electrons. The van der Waals surface area contributed by atoms with E-state index in [4.69, 9.17) is 14.6 Å². The van der Waals surface area contributed by atoms with E-state index in [2.05, 4.69) is 21.2 Å². The van der Waals surface area contributed by atoms with Gasteiger partial charge in [0.1, 0.15) is 0 Å². The highest BCUT2D eigenvalue weighted by Crippen LogP contribution is 2.31. The van der Waals surface area contributed by atoms with Crippen LogP contribution >= 0.6 is 0 Å². The number of hydrogen-bond donors (Lipinski definition) is 2. The van der Waals surface area contributed by atoms with Gasteiger partial charge in [-0.3, -0.25) is 4.79 Å². The Labute approximate surface area is 199 Å². The molecule has 0 unspecified atom stereocenters. The smallest absolute Gasteiger partial charge is 0.290 e. The normalized spacial score (nSPS) is 18.6. The number of nitrogens with one attached hydrogen (secondary N) is 1. The van der Waals surface area contributed by atoms with Gasteiger partial charge in [-0.2, -0.15) is 0 Å². The van der Waals surface area contributed by atoms with Crippen molar-refractivity contribution in [3.8, 4) is 0 Å². The molecule has 182 valence electrons. The van der Waals surface area contributed by atoms with Crippen molar-refractivity contribution < 1.29 is 23.1 Å². The van der Waals surface area contributed by atoms with Gasteiger partial charge >= 0.3 is 0 Å². The predicted molar refractivity (Wildman–Crippen MR) is 132 cm³/mol. The number of piperazine rings is 1. The molecule has 1 atom stereocenters. The van der Waals surface area contributed by atoms with Crippen molar-refractivity contribution in [1.82, 2.24) is 9.29 Å². The number of benzene rings is 2. The highest BCUT2D eigenvalue weighted by atomic mass is 32.2. The molecule has 2 aliphatic rings. The van der Waals surface area contributed by atoms with E-state index < -0.39 is 10.0 Å². The molecule has 3 heterocycles. The van der Waals surface area contributed by atoms with Gasteiger partial charge in [0.05, 0.1) is 16.5 Å². The average Bonchev–Trinajstić information content (AvgIpc) is 3.53. The molecule has 1 aromatic heterocycles. The van der Waals surface area contributed by atoms with E-state index in [0.29, 0.717) is 10.4 Å². The lowest BCUT2D eigenvalue weighted by molar-refractivity contribution is -0.122. The number of methoxy groups -OCH3 is 1. The summed E-state index contributed by atoms with van der Waals surface area (Å²) in [7, 11) is -1.99. The zero-order valence-corrected chi connectivity index (χ0v) is 19.9. The lowest BCUT2D eigenvalue weighted by atomic mass is 10.2. The Morgan fingerprint density at radius 3 is 2.50 bits per heavy atom. The first-order valence-electron chi connectivity index (χ1n) is 11.3. The van der Waals surface area contributed by atoms with Gasteiger partial charge in [-0.25, -0.2) is 12.4 Å². The number of fused-ring (bicyclic) bond motifs is 1. The summed E-state index contributed by atoms with van der Waals surface area (Å²) in [5.41, 5.74) is 2.71. The van der Waals surface area contributed by atoms with E-state index in [-0.39, 0.29) is 12.6 Å². The molecule has 34 heavy (non-hydrogen) atoms. The van der Waals surface area contributed by atoms with Crippen molar-refractivity contribution in [3.05, 3.63) is 54.7 Å². The molecule has 0 spiro atoms. The maximum atomic E-state index is 13.6. The third-order valence-corrected chi connectivity index (χ3v) is 8.04. The fourth-order valence-corrected chi connectivity index (χ4v) is 6.01. The number of carbonyl (C=O) groups is 1. The number of ether oxygens (including phenoxy) is 1. The highest BCUT2D eigenvalue weighted by Gasteiger charge is 2.25. The maximum Gasteiger partial charge on any atom is 0.290 e. The standard InChI is InChI=1S/C23H28N4O3S.CH2O2/c1-30-19-8-12-26(17-19)18-4-2-5-20(16-18)31(28,29)27-13-9-21-22(6-3-7-23(21)27)25-14-10-24-11-15-25;2-1-3/h2-7,9,13,16,19,24H,8,10-12,14-15,17H2,1H3;1H,(H,2,3)/t19-;/m1./s1. The Kier molecular flexibility index (Phi) is 7.40. The molecule has 9 nitrogen and oxygen atoms in total. The molecule has 2 saturated heterocycles. The van der Waals surface area contributed by atoms with Gasteiger partial charge in [-0.1, -0.05) is 12.1 Å². The first-order valence-corrected chi connectivity index (χ1v) is 12.7. The zero-order valence-electron chi connectivity index (χ0n) is 19.1. The van der Waals surface area contributed by atoms with Crippen LogP contribution in [0.2, 0.25) is 0 Å². The molecule has 0 aliphatic carbocycles.